The van der Waals surface area contributed by atoms with Gasteiger partial charge in [-0.3, -0.25) is 0 Å². The van der Waals surface area contributed by atoms with E-state index in [9.17, 15) is 5.11 Å². The number of nitrogens with zero attached hydrogens (tertiary/aromatic N) is 1. The summed E-state index contributed by atoms with van der Waals surface area (Å²) in [7, 11) is 0. The summed E-state index contributed by atoms with van der Waals surface area (Å²) in [5.74, 6) is 0. The van der Waals surface area contributed by atoms with Crippen molar-refractivity contribution in [2.45, 2.75) is 13.2 Å². The van der Waals surface area contributed by atoms with E-state index in [2.05, 4.69) is 15.9 Å². The molecule has 1 aromatic carbocycles. The van der Waals surface area contributed by atoms with E-state index in [-0.39, 0.29) is 0 Å². The normalized spacial score (nSPS) is 21.0. The Kier molecular flexibility index (Phi) is 2.93. The molecule has 1 atom stereocenters. The molecule has 0 aliphatic carbocycles. The van der Waals surface area contributed by atoms with Crippen LogP contribution < -0.4 is 4.90 Å². The molecule has 0 spiro atoms. The van der Waals surface area contributed by atoms with Gasteiger partial charge in [-0.15, -0.1) is 0 Å². The van der Waals surface area contributed by atoms with Crippen molar-refractivity contribution in [1.82, 2.24) is 0 Å². The Morgan fingerprint density at radius 2 is 1.93 bits per heavy atom. The molecule has 0 amide bonds. The second-order valence-corrected chi connectivity index (χ2v) is 4.34. The number of allylic oxidation sites excluding steroid dienone is 2. The van der Waals surface area contributed by atoms with Gasteiger partial charge in [0.2, 0.25) is 0 Å². The Bertz CT molecular complexity index is 411. The first-order valence-corrected chi connectivity index (χ1v) is 5.55. The number of hydrogen-bond donors (Lipinski definition) is 1. The van der Waals surface area contributed by atoms with Crippen molar-refractivity contribution < 1.29 is 5.11 Å². The van der Waals surface area contributed by atoms with E-state index in [1.807, 2.05) is 54.4 Å². The molecule has 0 saturated carbocycles. The molecule has 0 radical (unpaired) electrons. The van der Waals surface area contributed by atoms with Crippen LogP contribution in [0.1, 0.15) is 6.92 Å². The zero-order valence-electron chi connectivity index (χ0n) is 8.39. The molecule has 0 aromatic heterocycles. The van der Waals surface area contributed by atoms with Gasteiger partial charge < -0.3 is 10.0 Å². The molecule has 3 heteroatoms. The predicted molar refractivity (Wildman–Crippen MR) is 65.7 cm³/mol. The summed E-state index contributed by atoms with van der Waals surface area (Å²) >= 11 is 3.46. The van der Waals surface area contributed by atoms with Crippen LogP contribution in [-0.2, 0) is 0 Å². The maximum atomic E-state index is 9.89. The molecule has 0 bridgehead atoms. The fourth-order valence-corrected chi connectivity index (χ4v) is 1.86. The molecule has 1 aliphatic rings. The number of para-hydroxylation sites is 1. The minimum atomic E-state index is -0.589. The van der Waals surface area contributed by atoms with Gasteiger partial charge in [-0.05, 0) is 46.6 Å². The maximum absolute atomic E-state index is 9.89. The van der Waals surface area contributed by atoms with Crippen molar-refractivity contribution in [3.05, 3.63) is 52.7 Å². The molecule has 0 saturated heterocycles. The lowest BCUT2D eigenvalue weighted by molar-refractivity contribution is 0.226. The Balaban J connectivity index is 2.33. The van der Waals surface area contributed by atoms with Gasteiger partial charge in [-0.2, -0.15) is 0 Å². The zero-order valence-corrected chi connectivity index (χ0v) is 9.98. The first kappa shape index (κ1) is 10.5. The van der Waals surface area contributed by atoms with Crippen LogP contribution in [0.2, 0.25) is 0 Å². The van der Waals surface area contributed by atoms with Gasteiger partial charge in [-0.25, -0.2) is 0 Å². The van der Waals surface area contributed by atoms with E-state index < -0.39 is 6.23 Å². The van der Waals surface area contributed by atoms with Crippen LogP contribution in [-0.4, -0.2) is 11.3 Å². The van der Waals surface area contributed by atoms with Gasteiger partial charge in [0, 0.05) is 16.4 Å². The number of benzene rings is 1. The zero-order chi connectivity index (χ0) is 10.8. The molecule has 2 rings (SSSR count). The summed E-state index contributed by atoms with van der Waals surface area (Å²) in [6.07, 6.45) is 3.13. The molecular weight excluding hydrogens is 254 g/mol. The molecule has 1 heterocycles. The number of aliphatic hydroxyl groups is 1. The first-order chi connectivity index (χ1) is 7.18. The largest absolute Gasteiger partial charge is 0.370 e. The monoisotopic (exact) mass is 265 g/mol. The van der Waals surface area contributed by atoms with Crippen LogP contribution in [0.3, 0.4) is 0 Å². The molecule has 0 fully saturated rings. The van der Waals surface area contributed by atoms with E-state index >= 15 is 0 Å². The third-order valence-corrected chi connectivity index (χ3v) is 3.20. The summed E-state index contributed by atoms with van der Waals surface area (Å²) < 4.78 is 0.997. The average molecular weight is 266 g/mol. The van der Waals surface area contributed by atoms with E-state index in [0.717, 1.165) is 15.7 Å². The second kappa shape index (κ2) is 4.21. The van der Waals surface area contributed by atoms with E-state index in [1.54, 1.807) is 0 Å². The van der Waals surface area contributed by atoms with E-state index in [0.29, 0.717) is 0 Å². The predicted octanol–water partition coefficient (Wildman–Crippen LogP) is 3.01. The Morgan fingerprint density at radius 3 is 2.60 bits per heavy atom. The van der Waals surface area contributed by atoms with Crippen molar-refractivity contribution in [2.75, 3.05) is 4.90 Å². The Morgan fingerprint density at radius 1 is 1.27 bits per heavy atom. The lowest BCUT2D eigenvalue weighted by Crippen LogP contribution is -2.31. The Hall–Kier alpha value is -1.06. The van der Waals surface area contributed by atoms with Gasteiger partial charge in [-0.1, -0.05) is 18.2 Å². The van der Waals surface area contributed by atoms with Gasteiger partial charge in [0.05, 0.1) is 0 Å². The molecule has 78 valence electrons. The summed E-state index contributed by atoms with van der Waals surface area (Å²) in [6, 6.07) is 9.80. The van der Waals surface area contributed by atoms with Gasteiger partial charge in [0.15, 0.2) is 6.23 Å². The van der Waals surface area contributed by atoms with Crippen molar-refractivity contribution in [3.63, 3.8) is 0 Å². The molecule has 1 N–H and O–H groups in total. The lowest BCUT2D eigenvalue weighted by Gasteiger charge is -2.28. The number of anilines is 1. The van der Waals surface area contributed by atoms with Gasteiger partial charge >= 0.3 is 0 Å². The highest BCUT2D eigenvalue weighted by molar-refractivity contribution is 9.12. The summed E-state index contributed by atoms with van der Waals surface area (Å²) in [4.78, 5) is 1.82. The number of rotatable bonds is 1. The van der Waals surface area contributed by atoms with Crippen molar-refractivity contribution in [3.8, 4) is 0 Å². The fraction of sp³-hybridized carbons (Fsp3) is 0.167. The highest BCUT2D eigenvalue weighted by atomic mass is 79.9. The number of aliphatic hydroxyl groups excluding tert-OH is 1. The van der Waals surface area contributed by atoms with E-state index in [4.69, 9.17) is 0 Å². The van der Waals surface area contributed by atoms with Crippen LogP contribution in [0, 0.1) is 0 Å². The van der Waals surface area contributed by atoms with Gasteiger partial charge in [0.25, 0.3) is 0 Å². The first-order valence-electron chi connectivity index (χ1n) is 4.76. The van der Waals surface area contributed by atoms with E-state index in [1.165, 1.54) is 0 Å². The molecule has 15 heavy (non-hydrogen) atoms. The SMILES string of the molecule is CC1=CC(O)N(c2ccccc2)C=C1Br. The number of halogens is 1. The van der Waals surface area contributed by atoms with Crippen molar-refractivity contribution in [1.29, 1.82) is 0 Å². The third kappa shape index (κ3) is 2.13. The van der Waals surface area contributed by atoms with Crippen molar-refractivity contribution in [2.24, 2.45) is 0 Å². The Labute approximate surface area is 97.7 Å². The lowest BCUT2D eigenvalue weighted by atomic mass is 10.2. The highest BCUT2D eigenvalue weighted by Crippen LogP contribution is 2.27. The molecular formula is C12H12BrNO. The van der Waals surface area contributed by atoms with Gasteiger partial charge in [0.1, 0.15) is 0 Å². The second-order valence-electron chi connectivity index (χ2n) is 3.48. The number of hydrogen-bond acceptors (Lipinski definition) is 2. The minimum absolute atomic E-state index is 0.589. The highest BCUT2D eigenvalue weighted by Gasteiger charge is 2.17. The van der Waals surface area contributed by atoms with Crippen molar-refractivity contribution >= 4 is 21.6 Å². The third-order valence-electron chi connectivity index (χ3n) is 2.37. The van der Waals surface area contributed by atoms with Crippen LogP contribution in [0.4, 0.5) is 5.69 Å². The molecule has 2 nitrogen and oxygen atoms in total. The van der Waals surface area contributed by atoms with Crippen LogP contribution in [0.15, 0.2) is 52.7 Å². The summed E-state index contributed by atoms with van der Waals surface area (Å²) in [5.41, 5.74) is 2.03. The van der Waals surface area contributed by atoms with Crippen LogP contribution in [0.5, 0.6) is 0 Å². The fourth-order valence-electron chi connectivity index (χ4n) is 1.51. The topological polar surface area (TPSA) is 23.5 Å². The molecule has 1 aliphatic heterocycles. The smallest absolute Gasteiger partial charge is 0.150 e. The van der Waals surface area contributed by atoms with Crippen LogP contribution in [0.25, 0.3) is 0 Å². The summed E-state index contributed by atoms with van der Waals surface area (Å²) in [5, 5.41) is 9.89. The molecule has 1 aromatic rings. The quantitative estimate of drug-likeness (QED) is 0.844. The summed E-state index contributed by atoms with van der Waals surface area (Å²) in [6.45, 7) is 1.96. The molecule has 1 unspecified atom stereocenters. The minimum Gasteiger partial charge on any atom is -0.370 e. The van der Waals surface area contributed by atoms with Crippen LogP contribution >= 0.6 is 15.9 Å². The standard InChI is InChI=1S/C12H12BrNO/c1-9-7-12(15)14(8-11(9)13)10-5-3-2-4-6-10/h2-8,12,15H,1H3. The maximum Gasteiger partial charge on any atom is 0.150 e. The average Bonchev–Trinajstić information content (AvgIpc) is 2.25.